The lowest BCUT2D eigenvalue weighted by Gasteiger charge is -2.17. The maximum atomic E-state index is 13.9. The summed E-state index contributed by atoms with van der Waals surface area (Å²) in [6, 6.07) is 2.43. The second kappa shape index (κ2) is 6.13. The van der Waals surface area contributed by atoms with Crippen LogP contribution >= 0.6 is 0 Å². The summed E-state index contributed by atoms with van der Waals surface area (Å²) < 4.78 is 27.9. The highest BCUT2D eigenvalue weighted by Gasteiger charge is 2.15. The third-order valence-electron chi connectivity index (χ3n) is 3.40. The number of hydrogen-bond donors (Lipinski definition) is 2. The fourth-order valence-corrected chi connectivity index (χ4v) is 1.91. The van der Waals surface area contributed by atoms with Crippen LogP contribution in [0.5, 0.6) is 0 Å². The molecule has 22 heavy (non-hydrogen) atoms. The van der Waals surface area contributed by atoms with E-state index in [-0.39, 0.29) is 22.6 Å². The lowest BCUT2D eigenvalue weighted by molar-refractivity contribution is 0.588. The lowest BCUT2D eigenvalue weighted by atomic mass is 10.2. The van der Waals surface area contributed by atoms with Crippen LogP contribution < -0.4 is 15.8 Å². The van der Waals surface area contributed by atoms with Gasteiger partial charge in [0.05, 0.1) is 5.56 Å². The van der Waals surface area contributed by atoms with Gasteiger partial charge in [-0.2, -0.15) is 4.98 Å². The molecular weight excluding hydrogens is 290 g/mol. The molecule has 0 aliphatic heterocycles. The Balaban J connectivity index is 2.50. The van der Waals surface area contributed by atoms with E-state index in [2.05, 4.69) is 15.3 Å². The van der Waals surface area contributed by atoms with Crippen LogP contribution in [0.2, 0.25) is 0 Å². The van der Waals surface area contributed by atoms with E-state index in [4.69, 9.17) is 0 Å². The summed E-state index contributed by atoms with van der Waals surface area (Å²) in [6.45, 7) is 5.65. The first kappa shape index (κ1) is 15.9. The van der Waals surface area contributed by atoms with Crippen LogP contribution in [0.4, 0.5) is 26.2 Å². The molecule has 0 bridgehead atoms. The largest absolute Gasteiger partial charge is 0.346 e. The standard InChI is InChI=1S/C15H18F2N4O/c1-5-21(4)15-19-13(9(3)14(22)20-15)18-12-10(16)6-8(2)7-11(12)17/h6-7H,5H2,1-4H3,(H2,18,19,20,22). The van der Waals surface area contributed by atoms with E-state index in [1.165, 1.54) is 19.1 Å². The van der Waals surface area contributed by atoms with Gasteiger partial charge in [0.1, 0.15) is 23.1 Å². The van der Waals surface area contributed by atoms with Gasteiger partial charge in [0, 0.05) is 13.6 Å². The molecule has 2 N–H and O–H groups in total. The predicted molar refractivity (Wildman–Crippen MR) is 82.9 cm³/mol. The van der Waals surface area contributed by atoms with Crippen molar-refractivity contribution in [2.75, 3.05) is 23.8 Å². The van der Waals surface area contributed by atoms with E-state index in [1.54, 1.807) is 18.9 Å². The van der Waals surface area contributed by atoms with Gasteiger partial charge in [0.15, 0.2) is 0 Å². The number of nitrogens with zero attached hydrogens (tertiary/aromatic N) is 2. The summed E-state index contributed by atoms with van der Waals surface area (Å²) in [6.07, 6.45) is 0. The Morgan fingerprint density at radius 3 is 2.41 bits per heavy atom. The van der Waals surface area contributed by atoms with Gasteiger partial charge in [0.2, 0.25) is 5.95 Å². The Hall–Kier alpha value is -2.44. The highest BCUT2D eigenvalue weighted by Crippen LogP contribution is 2.25. The van der Waals surface area contributed by atoms with Crippen molar-refractivity contribution in [2.24, 2.45) is 0 Å². The molecule has 0 atom stereocenters. The number of H-pyrrole nitrogens is 1. The van der Waals surface area contributed by atoms with E-state index in [0.717, 1.165) is 0 Å². The van der Waals surface area contributed by atoms with Crippen LogP contribution in [-0.2, 0) is 0 Å². The average molecular weight is 308 g/mol. The van der Waals surface area contributed by atoms with Crippen LogP contribution in [0.1, 0.15) is 18.1 Å². The monoisotopic (exact) mass is 308 g/mol. The van der Waals surface area contributed by atoms with E-state index in [0.29, 0.717) is 18.1 Å². The number of aromatic amines is 1. The van der Waals surface area contributed by atoms with Gasteiger partial charge in [-0.3, -0.25) is 9.78 Å². The molecule has 1 aromatic carbocycles. The van der Waals surface area contributed by atoms with Crippen molar-refractivity contribution in [1.29, 1.82) is 0 Å². The van der Waals surface area contributed by atoms with E-state index >= 15 is 0 Å². The quantitative estimate of drug-likeness (QED) is 0.912. The first-order chi connectivity index (χ1) is 10.3. The molecule has 5 nitrogen and oxygen atoms in total. The normalized spacial score (nSPS) is 10.6. The van der Waals surface area contributed by atoms with Crippen LogP contribution in [-0.4, -0.2) is 23.6 Å². The zero-order valence-electron chi connectivity index (χ0n) is 12.9. The topological polar surface area (TPSA) is 61.0 Å². The van der Waals surface area contributed by atoms with Crippen molar-refractivity contribution in [3.05, 3.63) is 45.2 Å². The fraction of sp³-hybridized carbons (Fsp3) is 0.333. The lowest BCUT2D eigenvalue weighted by Crippen LogP contribution is -2.24. The average Bonchev–Trinajstić information content (AvgIpc) is 2.45. The van der Waals surface area contributed by atoms with Gasteiger partial charge < -0.3 is 10.2 Å². The minimum atomic E-state index is -0.732. The van der Waals surface area contributed by atoms with Gasteiger partial charge in [-0.05, 0) is 38.5 Å². The SMILES string of the molecule is CCN(C)c1nc(Nc2c(F)cc(C)cc2F)c(C)c(=O)[nH]1. The number of aromatic nitrogens is 2. The molecule has 0 aliphatic rings. The third kappa shape index (κ3) is 3.08. The Bertz CT molecular complexity index is 735. The van der Waals surface area contributed by atoms with Crippen LogP contribution in [0.25, 0.3) is 0 Å². The molecular formula is C15H18F2N4O. The molecule has 0 spiro atoms. The maximum Gasteiger partial charge on any atom is 0.257 e. The number of anilines is 3. The van der Waals surface area contributed by atoms with Gasteiger partial charge in [-0.25, -0.2) is 8.78 Å². The molecule has 0 saturated carbocycles. The predicted octanol–water partition coefficient (Wildman–Crippen LogP) is 2.86. The smallest absolute Gasteiger partial charge is 0.257 e. The molecule has 0 saturated heterocycles. The zero-order valence-corrected chi connectivity index (χ0v) is 12.9. The molecule has 118 valence electrons. The molecule has 0 unspecified atom stereocenters. The molecule has 1 heterocycles. The maximum absolute atomic E-state index is 13.9. The highest BCUT2D eigenvalue weighted by atomic mass is 19.1. The minimum absolute atomic E-state index is 0.126. The van der Waals surface area contributed by atoms with Gasteiger partial charge in [-0.15, -0.1) is 0 Å². The van der Waals surface area contributed by atoms with Crippen molar-refractivity contribution in [2.45, 2.75) is 20.8 Å². The zero-order chi connectivity index (χ0) is 16.4. The van der Waals surface area contributed by atoms with Crippen LogP contribution in [0.3, 0.4) is 0 Å². The molecule has 1 aromatic heterocycles. The van der Waals surface area contributed by atoms with Crippen molar-refractivity contribution < 1.29 is 8.78 Å². The number of nitrogens with one attached hydrogen (secondary N) is 2. The summed E-state index contributed by atoms with van der Waals surface area (Å²) in [7, 11) is 1.75. The van der Waals surface area contributed by atoms with Crippen molar-refractivity contribution in [1.82, 2.24) is 9.97 Å². The molecule has 0 aliphatic carbocycles. The number of hydrogen-bond acceptors (Lipinski definition) is 4. The van der Waals surface area contributed by atoms with Crippen LogP contribution in [0, 0.1) is 25.5 Å². The Morgan fingerprint density at radius 1 is 1.27 bits per heavy atom. The van der Waals surface area contributed by atoms with Gasteiger partial charge in [0.25, 0.3) is 5.56 Å². The summed E-state index contributed by atoms with van der Waals surface area (Å²) in [5.74, 6) is -1.01. The third-order valence-corrected chi connectivity index (χ3v) is 3.40. The molecule has 0 amide bonds. The number of benzene rings is 1. The van der Waals surface area contributed by atoms with Crippen molar-refractivity contribution in [3.63, 3.8) is 0 Å². The van der Waals surface area contributed by atoms with Crippen LogP contribution in [0.15, 0.2) is 16.9 Å². The molecule has 7 heteroatoms. The Kier molecular flexibility index (Phi) is 4.44. The summed E-state index contributed by atoms with van der Waals surface area (Å²) in [5, 5.41) is 2.59. The van der Waals surface area contributed by atoms with Crippen molar-refractivity contribution >= 4 is 17.5 Å². The molecule has 2 rings (SSSR count). The van der Waals surface area contributed by atoms with Gasteiger partial charge in [-0.1, -0.05) is 0 Å². The van der Waals surface area contributed by atoms with E-state index < -0.39 is 11.6 Å². The van der Waals surface area contributed by atoms with Gasteiger partial charge >= 0.3 is 0 Å². The molecule has 0 fully saturated rings. The summed E-state index contributed by atoms with van der Waals surface area (Å²) in [4.78, 5) is 20.5. The number of aryl methyl sites for hydroxylation is 1. The molecule has 2 aromatic rings. The van der Waals surface area contributed by atoms with E-state index in [1.807, 2.05) is 6.92 Å². The minimum Gasteiger partial charge on any atom is -0.346 e. The second-order valence-electron chi connectivity index (χ2n) is 5.11. The summed E-state index contributed by atoms with van der Waals surface area (Å²) in [5.41, 5.74) is 0.0489. The summed E-state index contributed by atoms with van der Waals surface area (Å²) >= 11 is 0. The number of halogens is 2. The Labute approximate surface area is 127 Å². The van der Waals surface area contributed by atoms with Crippen molar-refractivity contribution in [3.8, 4) is 0 Å². The highest BCUT2D eigenvalue weighted by molar-refractivity contribution is 5.61. The Morgan fingerprint density at radius 2 is 1.86 bits per heavy atom. The second-order valence-corrected chi connectivity index (χ2v) is 5.11. The fourth-order valence-electron chi connectivity index (χ4n) is 1.91. The first-order valence-electron chi connectivity index (χ1n) is 6.88. The molecule has 0 radical (unpaired) electrons. The first-order valence-corrected chi connectivity index (χ1v) is 6.88. The number of rotatable bonds is 4. The van der Waals surface area contributed by atoms with E-state index in [9.17, 15) is 13.6 Å².